The molecule has 0 amide bonds. The van der Waals surface area contributed by atoms with Crippen LogP contribution in [0.15, 0.2) is 0 Å². The Morgan fingerprint density at radius 1 is 0.0141 bits per heavy atom. The van der Waals surface area contributed by atoms with E-state index in [2.05, 4.69) is 0 Å². The van der Waals surface area contributed by atoms with E-state index < -0.39 is 0 Å². The van der Waals surface area contributed by atoms with Crippen LogP contribution in [0.2, 0.25) is 0 Å². The smallest absolute Gasteiger partial charge is 0 e. The van der Waals surface area contributed by atoms with Crippen molar-refractivity contribution in [2.45, 2.75) is 0 Å². The maximum absolute atomic E-state index is 0. The molecule has 0 aromatic carbocycles. The molecule has 0 saturated carbocycles. The molecule has 0 atom stereocenters. The topological polar surface area (TPSA) is 0 Å². The molecular formula is Y71. The van der Waals surface area contributed by atoms with Crippen molar-refractivity contribution < 1.29 is 2320 Å². The predicted molar refractivity (Wildman–Crippen MR) is 0 cm³/mol. The minimum atomic E-state index is 0. The molecule has 71 heavy (non-hydrogen) atoms. The van der Waals surface area contributed by atoms with Gasteiger partial charge in [-0.15, -0.1) is 0 Å². The molecule has 0 heterocycles. The van der Waals surface area contributed by atoms with Crippen LogP contribution in [0.25, 0.3) is 0 Å². The van der Waals surface area contributed by atoms with E-state index in [-0.39, 0.29) is 2320 Å². The van der Waals surface area contributed by atoms with E-state index >= 15 is 0 Å². The zero-order chi connectivity index (χ0) is 0. The first-order chi connectivity index (χ1) is 0. The van der Waals surface area contributed by atoms with E-state index in [9.17, 15) is 0 Å². The van der Waals surface area contributed by atoms with Crippen LogP contribution in [-0.2, 0) is 2320 Å². The van der Waals surface area contributed by atoms with Crippen molar-refractivity contribution in [2.75, 3.05) is 0 Å². The summed E-state index contributed by atoms with van der Waals surface area (Å²) in [6, 6.07) is 0. The van der Waals surface area contributed by atoms with Gasteiger partial charge in [0.25, 0.3) is 0 Å². The minimum absolute atomic E-state index is 0. The first-order valence-electron chi connectivity index (χ1n) is 0. The van der Waals surface area contributed by atoms with Crippen LogP contribution in [-0.4, -0.2) is 0 Å². The molecule has 0 unspecified atom stereocenters. The Hall–Kier alpha value is 78.4. The molecule has 213 valence electrons. The maximum atomic E-state index is 0. The Labute approximate surface area is 2230 Å². The number of rotatable bonds is 0. The van der Waals surface area contributed by atoms with Gasteiger partial charge in [-0.25, -0.2) is 0 Å². The van der Waals surface area contributed by atoms with Crippen LogP contribution in [0.5, 0.6) is 0 Å². The molecule has 0 aliphatic heterocycles. The monoisotopic (exact) mass is 6310 g/mol. The van der Waals surface area contributed by atoms with Gasteiger partial charge < -0.3 is 0 Å². The quantitative estimate of drug-likeness (QED) is 0.317. The Morgan fingerprint density at radius 2 is 0.0141 bits per heavy atom. The van der Waals surface area contributed by atoms with E-state index in [1.54, 1.807) is 0 Å². The van der Waals surface area contributed by atoms with Crippen LogP contribution >= 0.6 is 0 Å². The molecule has 0 rings (SSSR count). The largest absolute Gasteiger partial charge is 0 e. The van der Waals surface area contributed by atoms with Crippen molar-refractivity contribution in [2.24, 2.45) is 0 Å². The van der Waals surface area contributed by atoms with Gasteiger partial charge >= 0.3 is 0 Å². The molecular weight excluding hydrogens is 6310 g/mol. The van der Waals surface area contributed by atoms with E-state index in [1.807, 2.05) is 0 Å². The first kappa shape index (κ1) is 535. The van der Waals surface area contributed by atoms with Crippen LogP contribution in [0, 0.1) is 0 Å². The van der Waals surface area contributed by atoms with Crippen molar-refractivity contribution in [3.63, 3.8) is 0 Å². The van der Waals surface area contributed by atoms with Crippen molar-refractivity contribution in [1.29, 1.82) is 0 Å². The molecule has 71 heteroatoms. The Morgan fingerprint density at radius 3 is 0.0141 bits per heavy atom. The summed E-state index contributed by atoms with van der Waals surface area (Å²) in [5, 5.41) is 0. The molecule has 0 fully saturated rings. The van der Waals surface area contributed by atoms with E-state index in [0.717, 1.165) is 0 Å². The predicted octanol–water partition coefficient (Wildman–Crippen LogP) is -0.178. The molecule has 0 aliphatic rings. The van der Waals surface area contributed by atoms with Gasteiger partial charge in [0.2, 0.25) is 0 Å². The fraction of sp³-hybridized carbons (Fsp3) is 0. The van der Waals surface area contributed by atoms with Crippen molar-refractivity contribution in [3.05, 3.63) is 0 Å². The zero-order valence-corrected chi connectivity index (χ0v) is 243. The maximum Gasteiger partial charge on any atom is 0 e. The number of hydrogen-bond acceptors (Lipinski definition) is 0. The van der Waals surface area contributed by atoms with Crippen LogP contribution in [0.4, 0.5) is 0 Å². The Balaban J connectivity index is 0. The van der Waals surface area contributed by atoms with Gasteiger partial charge in [-0.1, -0.05) is 0 Å². The minimum Gasteiger partial charge on any atom is 0 e. The molecule has 0 aliphatic carbocycles. The van der Waals surface area contributed by atoms with Crippen molar-refractivity contribution >= 4 is 0 Å². The van der Waals surface area contributed by atoms with Gasteiger partial charge in [0, 0.05) is 2320 Å². The first-order valence-corrected chi connectivity index (χ1v) is 0. The summed E-state index contributed by atoms with van der Waals surface area (Å²) in [4.78, 5) is 0. The van der Waals surface area contributed by atoms with Crippen LogP contribution < -0.4 is 0 Å². The van der Waals surface area contributed by atoms with E-state index in [4.69, 9.17) is 0 Å². The molecule has 0 aromatic heterocycles. The molecule has 0 bridgehead atoms. The fourth-order valence-electron chi connectivity index (χ4n) is 0. The third-order valence-corrected chi connectivity index (χ3v) is 0. The second-order valence-electron chi connectivity index (χ2n) is 0. The van der Waals surface area contributed by atoms with Crippen molar-refractivity contribution in [1.82, 2.24) is 0 Å². The third kappa shape index (κ3) is 518. The average Bonchev–Trinajstić information content (AvgIpc) is 0. The molecule has 0 aromatic rings. The summed E-state index contributed by atoms with van der Waals surface area (Å²) < 4.78 is 0. The molecule has 0 N–H and O–H groups in total. The van der Waals surface area contributed by atoms with Crippen LogP contribution in [0.3, 0.4) is 0 Å². The second-order valence-corrected chi connectivity index (χ2v) is 0. The van der Waals surface area contributed by atoms with E-state index in [0.29, 0.717) is 0 Å². The SMILES string of the molecule is [Y].[Y].[Y].[Y].[Y].[Y].[Y].[Y].[Y].[Y].[Y].[Y].[Y].[Y].[Y].[Y].[Y].[Y].[Y].[Y].[Y].[Y].[Y].[Y].[Y].[Y].[Y].[Y].[Y].[Y].[Y].[Y].[Y].[Y].[Y].[Y].[Y].[Y].[Y].[Y].[Y].[Y].[Y].[Y].[Y].[Y].[Y].[Y].[Y].[Y].[Y].[Y].[Y].[Y].[Y].[Y].[Y].[Y].[Y].[Y].[Y].[Y].[Y].[Y].[Y].[Y].[Y].[Y].[Y].[Y].[Y]. The standard InChI is InChI=1S/71Y. The van der Waals surface area contributed by atoms with Gasteiger partial charge in [0.1, 0.15) is 0 Å². The molecule has 0 nitrogen and oxygen atoms in total. The van der Waals surface area contributed by atoms with Gasteiger partial charge in [0.15, 0.2) is 0 Å². The van der Waals surface area contributed by atoms with Gasteiger partial charge in [-0.2, -0.15) is 0 Å². The normalized spacial score (nSPS) is 0. The Kier molecular flexibility index (Phi) is 3960. The summed E-state index contributed by atoms with van der Waals surface area (Å²) in [5.74, 6) is 0. The van der Waals surface area contributed by atoms with Gasteiger partial charge in [0.05, 0.1) is 0 Å². The summed E-state index contributed by atoms with van der Waals surface area (Å²) in [6.07, 6.45) is 0. The van der Waals surface area contributed by atoms with Gasteiger partial charge in [-0.3, -0.25) is 0 Å². The Bertz CT molecular complexity index is 0. The summed E-state index contributed by atoms with van der Waals surface area (Å²) >= 11 is 0. The molecule has 71 radical (unpaired) electrons. The summed E-state index contributed by atoms with van der Waals surface area (Å²) in [6.45, 7) is 0. The molecule has 0 saturated heterocycles. The van der Waals surface area contributed by atoms with E-state index in [1.165, 1.54) is 0 Å². The summed E-state index contributed by atoms with van der Waals surface area (Å²) in [7, 11) is 0. The average molecular weight is 6310 g/mol. The van der Waals surface area contributed by atoms with Crippen molar-refractivity contribution in [3.8, 4) is 0 Å². The van der Waals surface area contributed by atoms with Gasteiger partial charge in [-0.05, 0) is 0 Å². The second kappa shape index (κ2) is 525. The fourth-order valence-corrected chi connectivity index (χ4v) is 0. The number of hydrogen-bond donors (Lipinski definition) is 0. The zero-order valence-electron chi connectivity index (χ0n) is 41.0. The van der Waals surface area contributed by atoms with Crippen LogP contribution in [0.1, 0.15) is 0 Å². The summed E-state index contributed by atoms with van der Waals surface area (Å²) in [5.41, 5.74) is 0. The third-order valence-electron chi connectivity index (χ3n) is 0. The molecule has 0 spiro atoms.